The van der Waals surface area contributed by atoms with E-state index in [1.54, 1.807) is 12.4 Å². The molecule has 88 valence electrons. The third-order valence-electron chi connectivity index (χ3n) is 2.50. The van der Waals surface area contributed by atoms with Crippen LogP contribution in [0.3, 0.4) is 0 Å². The number of hydrogen-bond donors (Lipinski definition) is 1. The fraction of sp³-hybridized carbons (Fsp3) is 0.214. The van der Waals surface area contributed by atoms with Gasteiger partial charge in [-0.1, -0.05) is 18.2 Å². The van der Waals surface area contributed by atoms with Gasteiger partial charge < -0.3 is 9.84 Å². The molecule has 2 aromatic rings. The van der Waals surface area contributed by atoms with Crippen LogP contribution in [-0.4, -0.2) is 16.7 Å². The smallest absolute Gasteiger partial charge is 0.123 e. The minimum Gasteiger partial charge on any atom is -0.489 e. The fourth-order valence-corrected chi connectivity index (χ4v) is 1.61. The van der Waals surface area contributed by atoms with Crippen LogP contribution < -0.4 is 4.74 Å². The molecule has 1 aromatic heterocycles. The Kier molecular flexibility index (Phi) is 4.11. The van der Waals surface area contributed by atoms with E-state index in [4.69, 9.17) is 9.84 Å². The molecule has 0 fully saturated rings. The molecule has 0 aliphatic heterocycles. The third-order valence-corrected chi connectivity index (χ3v) is 2.50. The van der Waals surface area contributed by atoms with Crippen molar-refractivity contribution in [3.05, 3.63) is 59.9 Å². The largest absolute Gasteiger partial charge is 0.489 e. The van der Waals surface area contributed by atoms with Crippen molar-refractivity contribution in [2.75, 3.05) is 6.61 Å². The first-order valence-corrected chi connectivity index (χ1v) is 5.60. The Balaban J connectivity index is 2.03. The summed E-state index contributed by atoms with van der Waals surface area (Å²) in [6.45, 7) is 0.653. The van der Waals surface area contributed by atoms with E-state index in [1.807, 2.05) is 36.4 Å². The quantitative estimate of drug-likeness (QED) is 0.854. The second-order valence-electron chi connectivity index (χ2n) is 3.73. The number of benzene rings is 1. The van der Waals surface area contributed by atoms with E-state index < -0.39 is 0 Å². The Bertz CT molecular complexity index is 457. The molecule has 2 rings (SSSR count). The minimum absolute atomic E-state index is 0.135. The van der Waals surface area contributed by atoms with E-state index in [-0.39, 0.29) is 6.61 Å². The van der Waals surface area contributed by atoms with Crippen LogP contribution >= 0.6 is 0 Å². The summed E-state index contributed by atoms with van der Waals surface area (Å²) in [6, 6.07) is 11.6. The van der Waals surface area contributed by atoms with Gasteiger partial charge in [-0.15, -0.1) is 0 Å². The highest BCUT2D eigenvalue weighted by atomic mass is 16.5. The molecule has 0 bridgehead atoms. The minimum atomic E-state index is 0.135. The zero-order chi connectivity index (χ0) is 11.9. The van der Waals surface area contributed by atoms with Crippen molar-refractivity contribution in [3.8, 4) is 5.75 Å². The molecule has 0 amide bonds. The van der Waals surface area contributed by atoms with Gasteiger partial charge in [0.2, 0.25) is 0 Å². The van der Waals surface area contributed by atoms with E-state index in [1.165, 1.54) is 0 Å². The van der Waals surface area contributed by atoms with Crippen LogP contribution in [0.4, 0.5) is 0 Å². The Morgan fingerprint density at radius 1 is 1.06 bits per heavy atom. The number of aromatic nitrogens is 1. The number of pyridine rings is 1. The summed E-state index contributed by atoms with van der Waals surface area (Å²) in [5.41, 5.74) is 2.11. The number of aliphatic hydroxyl groups is 1. The van der Waals surface area contributed by atoms with Crippen LogP contribution in [0.5, 0.6) is 5.75 Å². The van der Waals surface area contributed by atoms with Crippen molar-refractivity contribution in [2.45, 2.75) is 13.0 Å². The average molecular weight is 229 g/mol. The highest BCUT2D eigenvalue weighted by Crippen LogP contribution is 2.19. The summed E-state index contributed by atoms with van der Waals surface area (Å²) >= 11 is 0. The normalized spacial score (nSPS) is 10.2. The van der Waals surface area contributed by atoms with Gasteiger partial charge in [0.05, 0.1) is 0 Å². The zero-order valence-corrected chi connectivity index (χ0v) is 9.54. The summed E-state index contributed by atoms with van der Waals surface area (Å²) < 4.78 is 5.74. The molecule has 3 heteroatoms. The van der Waals surface area contributed by atoms with E-state index in [0.29, 0.717) is 13.0 Å². The molecule has 0 aliphatic rings. The molecule has 0 aliphatic carbocycles. The SMILES string of the molecule is OCCc1ccccc1OCc1ccncc1. The molecule has 0 radical (unpaired) electrons. The number of para-hydroxylation sites is 1. The summed E-state index contributed by atoms with van der Waals surface area (Å²) in [5, 5.41) is 8.97. The topological polar surface area (TPSA) is 42.4 Å². The van der Waals surface area contributed by atoms with Gasteiger partial charge in [0.1, 0.15) is 12.4 Å². The molecule has 1 N–H and O–H groups in total. The fourth-order valence-electron chi connectivity index (χ4n) is 1.61. The number of ether oxygens (including phenoxy) is 1. The van der Waals surface area contributed by atoms with Crippen molar-refractivity contribution < 1.29 is 9.84 Å². The van der Waals surface area contributed by atoms with Gasteiger partial charge in [-0.3, -0.25) is 4.98 Å². The van der Waals surface area contributed by atoms with Gasteiger partial charge in [0, 0.05) is 19.0 Å². The van der Waals surface area contributed by atoms with Crippen molar-refractivity contribution in [2.24, 2.45) is 0 Å². The predicted octanol–water partition coefficient (Wildman–Crippen LogP) is 2.20. The standard InChI is InChI=1S/C14H15NO2/c16-10-7-13-3-1-2-4-14(13)17-11-12-5-8-15-9-6-12/h1-6,8-9,16H,7,10-11H2. The Morgan fingerprint density at radius 2 is 1.82 bits per heavy atom. The van der Waals surface area contributed by atoms with Gasteiger partial charge in [0.15, 0.2) is 0 Å². The first-order chi connectivity index (χ1) is 8.40. The lowest BCUT2D eigenvalue weighted by molar-refractivity contribution is 0.284. The summed E-state index contributed by atoms with van der Waals surface area (Å²) in [5.74, 6) is 0.832. The van der Waals surface area contributed by atoms with Gasteiger partial charge in [-0.25, -0.2) is 0 Å². The van der Waals surface area contributed by atoms with Crippen molar-refractivity contribution in [1.82, 2.24) is 4.98 Å². The van der Waals surface area contributed by atoms with Crippen LogP contribution in [0.2, 0.25) is 0 Å². The molecule has 0 saturated heterocycles. The molecule has 0 atom stereocenters. The molecule has 1 heterocycles. The monoisotopic (exact) mass is 229 g/mol. The lowest BCUT2D eigenvalue weighted by Crippen LogP contribution is -2.00. The van der Waals surface area contributed by atoms with Gasteiger partial charge >= 0.3 is 0 Å². The van der Waals surface area contributed by atoms with E-state index in [2.05, 4.69) is 4.98 Å². The van der Waals surface area contributed by atoms with Crippen LogP contribution in [0.25, 0.3) is 0 Å². The third kappa shape index (κ3) is 3.29. The average Bonchev–Trinajstić information content (AvgIpc) is 2.39. The highest BCUT2D eigenvalue weighted by molar-refractivity contribution is 5.33. The molecule has 0 spiro atoms. The lowest BCUT2D eigenvalue weighted by Gasteiger charge is -2.10. The molecular weight excluding hydrogens is 214 g/mol. The maximum absolute atomic E-state index is 8.97. The summed E-state index contributed by atoms with van der Waals surface area (Å²) in [6.07, 6.45) is 4.11. The summed E-state index contributed by atoms with van der Waals surface area (Å²) in [7, 11) is 0. The maximum Gasteiger partial charge on any atom is 0.123 e. The predicted molar refractivity (Wildman–Crippen MR) is 65.8 cm³/mol. The number of rotatable bonds is 5. The molecule has 1 aromatic carbocycles. The molecule has 0 saturated carbocycles. The van der Waals surface area contributed by atoms with Crippen LogP contribution in [0.15, 0.2) is 48.8 Å². The van der Waals surface area contributed by atoms with Crippen molar-refractivity contribution in [1.29, 1.82) is 0 Å². The number of aliphatic hydroxyl groups excluding tert-OH is 1. The molecule has 3 nitrogen and oxygen atoms in total. The van der Waals surface area contributed by atoms with Crippen LogP contribution in [-0.2, 0) is 13.0 Å². The van der Waals surface area contributed by atoms with E-state index >= 15 is 0 Å². The van der Waals surface area contributed by atoms with Crippen molar-refractivity contribution in [3.63, 3.8) is 0 Å². The first-order valence-electron chi connectivity index (χ1n) is 5.60. The Labute approximate surface area is 101 Å². The second kappa shape index (κ2) is 6.01. The van der Waals surface area contributed by atoms with Gasteiger partial charge in [0.25, 0.3) is 0 Å². The van der Waals surface area contributed by atoms with Crippen LogP contribution in [0.1, 0.15) is 11.1 Å². The van der Waals surface area contributed by atoms with Crippen molar-refractivity contribution >= 4 is 0 Å². The van der Waals surface area contributed by atoms with E-state index in [9.17, 15) is 0 Å². The highest BCUT2D eigenvalue weighted by Gasteiger charge is 2.02. The maximum atomic E-state index is 8.97. The first kappa shape index (κ1) is 11.6. The molecule has 0 unspecified atom stereocenters. The second-order valence-corrected chi connectivity index (χ2v) is 3.73. The Morgan fingerprint density at radius 3 is 2.59 bits per heavy atom. The number of hydrogen-bond acceptors (Lipinski definition) is 3. The van der Waals surface area contributed by atoms with E-state index in [0.717, 1.165) is 16.9 Å². The number of nitrogens with zero attached hydrogens (tertiary/aromatic N) is 1. The Hall–Kier alpha value is -1.87. The molecule has 17 heavy (non-hydrogen) atoms. The van der Waals surface area contributed by atoms with Gasteiger partial charge in [-0.05, 0) is 35.7 Å². The zero-order valence-electron chi connectivity index (χ0n) is 9.54. The van der Waals surface area contributed by atoms with Crippen LogP contribution in [0, 0.1) is 0 Å². The summed E-state index contributed by atoms with van der Waals surface area (Å²) in [4.78, 5) is 3.96. The molecular formula is C14H15NO2. The van der Waals surface area contributed by atoms with Gasteiger partial charge in [-0.2, -0.15) is 0 Å². The lowest BCUT2D eigenvalue weighted by atomic mass is 10.1.